The number of sulfone groups is 1. The number of ether oxygens (including phenoxy) is 1. The minimum Gasteiger partial charge on any atom is -0.495 e. The quantitative estimate of drug-likeness (QED) is 0.820. The number of nitrogen functional groups attached to an aromatic ring is 1. The van der Waals surface area contributed by atoms with Crippen LogP contribution in [0.3, 0.4) is 0 Å². The largest absolute Gasteiger partial charge is 0.495 e. The summed E-state index contributed by atoms with van der Waals surface area (Å²) < 4.78 is 41.7. The van der Waals surface area contributed by atoms with E-state index < -0.39 is 15.7 Å². The Morgan fingerprint density at radius 1 is 1.44 bits per heavy atom. The molecule has 0 aliphatic carbocycles. The molecule has 90 valence electrons. The van der Waals surface area contributed by atoms with Crippen molar-refractivity contribution in [3.63, 3.8) is 0 Å². The number of nitrogens with two attached hydrogens (primary N) is 1. The van der Waals surface area contributed by atoms with E-state index in [1.165, 1.54) is 7.11 Å². The monoisotopic (exact) mass is 247 g/mol. The van der Waals surface area contributed by atoms with Crippen LogP contribution in [-0.4, -0.2) is 21.3 Å². The molecule has 0 saturated heterocycles. The van der Waals surface area contributed by atoms with E-state index in [9.17, 15) is 12.8 Å². The van der Waals surface area contributed by atoms with Crippen molar-refractivity contribution in [1.82, 2.24) is 0 Å². The SMILES string of the molecule is CCCS(=O)(=O)c1cc(OC)c(N)cc1F. The summed E-state index contributed by atoms with van der Waals surface area (Å²) in [5, 5.41) is 0. The molecule has 16 heavy (non-hydrogen) atoms. The number of hydrogen-bond donors (Lipinski definition) is 1. The highest BCUT2D eigenvalue weighted by Gasteiger charge is 2.20. The van der Waals surface area contributed by atoms with Crippen LogP contribution in [0.4, 0.5) is 10.1 Å². The van der Waals surface area contributed by atoms with Crippen LogP contribution in [0.15, 0.2) is 17.0 Å². The first-order valence-electron chi connectivity index (χ1n) is 4.78. The molecule has 4 nitrogen and oxygen atoms in total. The van der Waals surface area contributed by atoms with Gasteiger partial charge in [-0.3, -0.25) is 0 Å². The zero-order valence-electron chi connectivity index (χ0n) is 9.16. The van der Waals surface area contributed by atoms with Crippen molar-refractivity contribution < 1.29 is 17.5 Å². The molecular weight excluding hydrogens is 233 g/mol. The minimum atomic E-state index is -3.60. The van der Waals surface area contributed by atoms with Gasteiger partial charge < -0.3 is 10.5 Å². The van der Waals surface area contributed by atoms with Crippen LogP contribution in [0.2, 0.25) is 0 Å². The molecule has 0 aromatic heterocycles. The van der Waals surface area contributed by atoms with E-state index in [1.807, 2.05) is 0 Å². The highest BCUT2D eigenvalue weighted by Crippen LogP contribution is 2.28. The highest BCUT2D eigenvalue weighted by atomic mass is 32.2. The van der Waals surface area contributed by atoms with Crippen molar-refractivity contribution >= 4 is 15.5 Å². The van der Waals surface area contributed by atoms with E-state index in [1.54, 1.807) is 6.92 Å². The van der Waals surface area contributed by atoms with Gasteiger partial charge in [-0.15, -0.1) is 0 Å². The molecule has 0 aliphatic heterocycles. The highest BCUT2D eigenvalue weighted by molar-refractivity contribution is 7.91. The molecule has 0 atom stereocenters. The average molecular weight is 247 g/mol. The Morgan fingerprint density at radius 3 is 2.56 bits per heavy atom. The maximum Gasteiger partial charge on any atom is 0.181 e. The molecule has 0 aliphatic rings. The van der Waals surface area contributed by atoms with Gasteiger partial charge in [0, 0.05) is 12.1 Å². The lowest BCUT2D eigenvalue weighted by atomic mass is 10.3. The number of rotatable bonds is 4. The topological polar surface area (TPSA) is 69.4 Å². The van der Waals surface area contributed by atoms with Crippen LogP contribution in [0.1, 0.15) is 13.3 Å². The third kappa shape index (κ3) is 2.44. The summed E-state index contributed by atoms with van der Waals surface area (Å²) in [6.07, 6.45) is 0.425. The second-order valence-electron chi connectivity index (χ2n) is 3.34. The summed E-state index contributed by atoms with van der Waals surface area (Å²) in [5.74, 6) is -0.778. The second kappa shape index (κ2) is 4.69. The molecule has 0 fully saturated rings. The Hall–Kier alpha value is -1.30. The van der Waals surface area contributed by atoms with E-state index in [-0.39, 0.29) is 22.1 Å². The molecule has 1 aromatic rings. The summed E-state index contributed by atoms with van der Waals surface area (Å²) in [5.41, 5.74) is 5.54. The van der Waals surface area contributed by atoms with Crippen LogP contribution in [-0.2, 0) is 9.84 Å². The lowest BCUT2D eigenvalue weighted by Crippen LogP contribution is -2.09. The third-order valence-corrected chi connectivity index (χ3v) is 4.02. The van der Waals surface area contributed by atoms with E-state index in [0.29, 0.717) is 6.42 Å². The lowest BCUT2D eigenvalue weighted by molar-refractivity contribution is 0.413. The predicted molar refractivity (Wildman–Crippen MR) is 59.7 cm³/mol. The molecule has 6 heteroatoms. The zero-order chi connectivity index (χ0) is 12.3. The van der Waals surface area contributed by atoms with Gasteiger partial charge in [-0.05, 0) is 6.42 Å². The number of hydrogen-bond acceptors (Lipinski definition) is 4. The van der Waals surface area contributed by atoms with Gasteiger partial charge in [0.15, 0.2) is 9.84 Å². The van der Waals surface area contributed by atoms with Gasteiger partial charge in [0.2, 0.25) is 0 Å². The van der Waals surface area contributed by atoms with E-state index in [4.69, 9.17) is 10.5 Å². The van der Waals surface area contributed by atoms with E-state index in [2.05, 4.69) is 0 Å². The Morgan fingerprint density at radius 2 is 2.06 bits per heavy atom. The first-order valence-corrected chi connectivity index (χ1v) is 6.43. The van der Waals surface area contributed by atoms with Crippen molar-refractivity contribution in [1.29, 1.82) is 0 Å². The summed E-state index contributed by atoms with van der Waals surface area (Å²) in [7, 11) is -2.25. The Balaban J connectivity index is 3.34. The molecular formula is C10H14FNO3S. The molecule has 2 N–H and O–H groups in total. The fourth-order valence-electron chi connectivity index (χ4n) is 1.34. The molecule has 0 bridgehead atoms. The summed E-state index contributed by atoms with van der Waals surface area (Å²) in [6, 6.07) is 2.08. The van der Waals surface area contributed by atoms with Crippen LogP contribution in [0, 0.1) is 5.82 Å². The van der Waals surface area contributed by atoms with Gasteiger partial charge in [0.1, 0.15) is 16.5 Å². The van der Waals surface area contributed by atoms with Gasteiger partial charge in [0.05, 0.1) is 18.6 Å². The molecule has 0 unspecified atom stereocenters. The Kier molecular flexibility index (Phi) is 3.74. The van der Waals surface area contributed by atoms with Crippen molar-refractivity contribution in [2.24, 2.45) is 0 Å². The molecule has 0 amide bonds. The summed E-state index contributed by atoms with van der Waals surface area (Å²) in [6.45, 7) is 1.71. The average Bonchev–Trinajstić information content (AvgIpc) is 2.17. The fraction of sp³-hybridized carbons (Fsp3) is 0.400. The smallest absolute Gasteiger partial charge is 0.181 e. The molecule has 0 saturated carbocycles. The van der Waals surface area contributed by atoms with Crippen LogP contribution in [0.5, 0.6) is 5.75 Å². The number of anilines is 1. The van der Waals surface area contributed by atoms with Gasteiger partial charge >= 0.3 is 0 Å². The minimum absolute atomic E-state index is 0.0791. The number of methoxy groups -OCH3 is 1. The molecule has 0 spiro atoms. The molecule has 1 rings (SSSR count). The van der Waals surface area contributed by atoms with Gasteiger partial charge in [-0.1, -0.05) is 6.92 Å². The van der Waals surface area contributed by atoms with Crippen molar-refractivity contribution in [2.45, 2.75) is 18.2 Å². The molecule has 1 aromatic carbocycles. The van der Waals surface area contributed by atoms with Crippen molar-refractivity contribution in [2.75, 3.05) is 18.6 Å². The van der Waals surface area contributed by atoms with Gasteiger partial charge in [-0.2, -0.15) is 0 Å². The van der Waals surface area contributed by atoms with Gasteiger partial charge in [0.25, 0.3) is 0 Å². The first kappa shape index (κ1) is 12.8. The fourth-order valence-corrected chi connectivity index (χ4v) is 2.74. The van der Waals surface area contributed by atoms with Crippen LogP contribution < -0.4 is 10.5 Å². The third-order valence-electron chi connectivity index (χ3n) is 2.09. The number of halogens is 1. The van der Waals surface area contributed by atoms with Crippen molar-refractivity contribution in [3.8, 4) is 5.75 Å². The van der Waals surface area contributed by atoms with Crippen molar-refractivity contribution in [3.05, 3.63) is 17.9 Å². The van der Waals surface area contributed by atoms with Crippen LogP contribution in [0.25, 0.3) is 0 Å². The Labute approximate surface area is 94.1 Å². The predicted octanol–water partition coefficient (Wildman–Crippen LogP) is 1.60. The normalized spacial score (nSPS) is 11.4. The number of benzene rings is 1. The molecule has 0 heterocycles. The standard InChI is InChI=1S/C10H14FNO3S/c1-3-4-16(13,14)10-6-9(15-2)8(12)5-7(10)11/h5-6H,3-4,12H2,1-2H3. The summed E-state index contributed by atoms with van der Waals surface area (Å²) >= 11 is 0. The van der Waals surface area contributed by atoms with Gasteiger partial charge in [-0.25, -0.2) is 12.8 Å². The zero-order valence-corrected chi connectivity index (χ0v) is 9.97. The Bertz CT molecular complexity index is 485. The first-order chi connectivity index (χ1) is 7.42. The second-order valence-corrected chi connectivity index (χ2v) is 5.42. The lowest BCUT2D eigenvalue weighted by Gasteiger charge is -2.09. The maximum atomic E-state index is 13.5. The van der Waals surface area contributed by atoms with E-state index >= 15 is 0 Å². The van der Waals surface area contributed by atoms with E-state index in [0.717, 1.165) is 12.1 Å². The van der Waals surface area contributed by atoms with Crippen LogP contribution >= 0.6 is 0 Å². The summed E-state index contributed by atoms with van der Waals surface area (Å²) in [4.78, 5) is -0.361. The molecule has 0 radical (unpaired) electrons. The maximum absolute atomic E-state index is 13.5.